The van der Waals surface area contributed by atoms with Gasteiger partial charge in [-0.3, -0.25) is 9.69 Å². The van der Waals surface area contributed by atoms with Gasteiger partial charge in [-0.15, -0.1) is 0 Å². The van der Waals surface area contributed by atoms with Gasteiger partial charge in [0.1, 0.15) is 5.56 Å². The first kappa shape index (κ1) is 20.2. The Morgan fingerprint density at radius 2 is 1.93 bits per heavy atom. The van der Waals surface area contributed by atoms with E-state index >= 15 is 0 Å². The van der Waals surface area contributed by atoms with Crippen LogP contribution in [0.2, 0.25) is 0 Å². The zero-order chi connectivity index (χ0) is 20.4. The quantitative estimate of drug-likeness (QED) is 0.785. The van der Waals surface area contributed by atoms with E-state index in [0.29, 0.717) is 41.6 Å². The fourth-order valence-electron chi connectivity index (χ4n) is 3.68. The van der Waals surface area contributed by atoms with Crippen LogP contribution in [-0.2, 0) is 0 Å². The monoisotopic (exact) mass is 387 g/mol. The van der Waals surface area contributed by atoms with E-state index in [-0.39, 0.29) is 17.9 Å². The summed E-state index contributed by atoms with van der Waals surface area (Å²) in [6, 6.07) is 5.99. The molecule has 1 unspecified atom stereocenters. The topological polar surface area (TPSA) is 68.0 Å². The summed E-state index contributed by atoms with van der Waals surface area (Å²) in [5, 5.41) is 4.02. The predicted molar refractivity (Wildman–Crippen MR) is 106 cm³/mol. The van der Waals surface area contributed by atoms with Gasteiger partial charge in [0.25, 0.3) is 5.91 Å². The number of aryl methyl sites for hydroxylation is 1. The summed E-state index contributed by atoms with van der Waals surface area (Å²) in [5.41, 5.74) is 2.34. The minimum atomic E-state index is -0.0129. The number of benzene rings is 1. The summed E-state index contributed by atoms with van der Waals surface area (Å²) < 4.78 is 16.2. The molecule has 2 aromatic rings. The second-order valence-electron chi connectivity index (χ2n) is 7.52. The van der Waals surface area contributed by atoms with Crippen molar-refractivity contribution in [3.63, 3.8) is 0 Å². The summed E-state index contributed by atoms with van der Waals surface area (Å²) in [7, 11) is 5.33. The minimum absolute atomic E-state index is 0.0129. The minimum Gasteiger partial charge on any atom is -0.493 e. The van der Waals surface area contributed by atoms with Gasteiger partial charge in [-0.25, -0.2) is 0 Å². The third-order valence-corrected chi connectivity index (χ3v) is 5.35. The third-order valence-electron chi connectivity index (χ3n) is 5.35. The van der Waals surface area contributed by atoms with E-state index in [0.717, 1.165) is 12.1 Å². The normalized spacial score (nSPS) is 17.8. The van der Waals surface area contributed by atoms with Crippen molar-refractivity contribution >= 4 is 5.91 Å². The largest absolute Gasteiger partial charge is 0.493 e. The number of methoxy groups -OCH3 is 2. The van der Waals surface area contributed by atoms with E-state index in [1.807, 2.05) is 43.9 Å². The number of nitrogens with zero attached hydrogens (tertiary/aromatic N) is 3. The van der Waals surface area contributed by atoms with Gasteiger partial charge in [0.05, 0.1) is 26.0 Å². The number of likely N-dealkylation sites (N-methyl/N-ethyl adjacent to an activating group) is 1. The van der Waals surface area contributed by atoms with Crippen LogP contribution in [0.25, 0.3) is 0 Å². The molecule has 7 heteroatoms. The molecule has 0 spiro atoms. The number of hydrogen-bond donors (Lipinski definition) is 0. The first-order valence-electron chi connectivity index (χ1n) is 9.55. The molecule has 0 radical (unpaired) electrons. The molecule has 0 aliphatic carbocycles. The molecule has 1 aliphatic rings. The number of hydrogen-bond acceptors (Lipinski definition) is 6. The lowest BCUT2D eigenvalue weighted by atomic mass is 10.00. The summed E-state index contributed by atoms with van der Waals surface area (Å²) in [4.78, 5) is 17.4. The molecule has 1 aromatic heterocycles. The van der Waals surface area contributed by atoms with Crippen molar-refractivity contribution in [1.29, 1.82) is 0 Å². The zero-order valence-corrected chi connectivity index (χ0v) is 17.5. The molecule has 7 nitrogen and oxygen atoms in total. The number of carbonyl (C=O) groups is 1. The van der Waals surface area contributed by atoms with Crippen molar-refractivity contribution in [2.24, 2.45) is 0 Å². The van der Waals surface area contributed by atoms with Crippen LogP contribution in [0.1, 0.15) is 53.2 Å². The Bertz CT molecular complexity index is 846. The molecule has 0 N–H and O–H groups in total. The number of aromatic nitrogens is 1. The molecule has 0 bridgehead atoms. The van der Waals surface area contributed by atoms with Gasteiger partial charge in [0, 0.05) is 25.6 Å². The number of rotatable bonds is 5. The van der Waals surface area contributed by atoms with Crippen LogP contribution >= 0.6 is 0 Å². The molecule has 152 valence electrons. The Morgan fingerprint density at radius 3 is 2.57 bits per heavy atom. The third kappa shape index (κ3) is 3.71. The molecule has 2 heterocycles. The molecule has 3 rings (SSSR count). The van der Waals surface area contributed by atoms with Crippen molar-refractivity contribution in [2.75, 3.05) is 40.9 Å². The van der Waals surface area contributed by atoms with Crippen LogP contribution in [-0.4, -0.2) is 61.8 Å². The molecule has 1 amide bonds. The standard InChI is InChI=1S/C21H29N3O4/c1-13(2)20-19(14(3)22-28-20)21(25)24-10-9-23(4)16(12-24)15-7-8-17(26-5)18(11-15)27-6/h7-8,11,13,16H,9-10,12H2,1-6H3. The van der Waals surface area contributed by atoms with Crippen LogP contribution in [0.4, 0.5) is 0 Å². The highest BCUT2D eigenvalue weighted by Crippen LogP contribution is 2.34. The van der Waals surface area contributed by atoms with Gasteiger partial charge in [-0.05, 0) is 31.7 Å². The Morgan fingerprint density at radius 1 is 1.21 bits per heavy atom. The highest BCUT2D eigenvalue weighted by Gasteiger charge is 2.33. The van der Waals surface area contributed by atoms with Gasteiger partial charge < -0.3 is 18.9 Å². The van der Waals surface area contributed by atoms with E-state index in [1.54, 1.807) is 14.2 Å². The van der Waals surface area contributed by atoms with Crippen LogP contribution in [0.3, 0.4) is 0 Å². The molecule has 1 aromatic carbocycles. The number of amides is 1. The predicted octanol–water partition coefficient (Wildman–Crippen LogP) is 3.25. The molecule has 1 aliphatic heterocycles. The molecular formula is C21H29N3O4. The lowest BCUT2D eigenvalue weighted by Crippen LogP contribution is -2.49. The smallest absolute Gasteiger partial charge is 0.259 e. The van der Waals surface area contributed by atoms with E-state index in [1.165, 1.54) is 0 Å². The Hall–Kier alpha value is -2.54. The van der Waals surface area contributed by atoms with Crippen molar-refractivity contribution in [1.82, 2.24) is 15.0 Å². The van der Waals surface area contributed by atoms with Crippen LogP contribution in [0.5, 0.6) is 11.5 Å². The second kappa shape index (κ2) is 8.22. The van der Waals surface area contributed by atoms with Crippen molar-refractivity contribution < 1.29 is 18.8 Å². The van der Waals surface area contributed by atoms with Crippen LogP contribution < -0.4 is 9.47 Å². The summed E-state index contributed by atoms with van der Waals surface area (Å²) in [6.07, 6.45) is 0. The molecule has 0 saturated carbocycles. The molecule has 1 saturated heterocycles. The average Bonchev–Trinajstić information content (AvgIpc) is 3.09. The number of carbonyl (C=O) groups excluding carboxylic acids is 1. The zero-order valence-electron chi connectivity index (χ0n) is 17.5. The van der Waals surface area contributed by atoms with Gasteiger partial charge in [0.2, 0.25) is 0 Å². The van der Waals surface area contributed by atoms with Gasteiger partial charge >= 0.3 is 0 Å². The first-order chi connectivity index (χ1) is 13.4. The highest BCUT2D eigenvalue weighted by molar-refractivity contribution is 5.96. The lowest BCUT2D eigenvalue weighted by molar-refractivity contribution is 0.0542. The Labute approximate surface area is 166 Å². The fraction of sp³-hybridized carbons (Fsp3) is 0.524. The Kier molecular flexibility index (Phi) is 5.93. The van der Waals surface area contributed by atoms with E-state index in [9.17, 15) is 4.79 Å². The lowest BCUT2D eigenvalue weighted by Gasteiger charge is -2.40. The average molecular weight is 387 g/mol. The van der Waals surface area contributed by atoms with Crippen LogP contribution in [0, 0.1) is 6.92 Å². The van der Waals surface area contributed by atoms with Crippen molar-refractivity contribution in [3.05, 3.63) is 40.8 Å². The van der Waals surface area contributed by atoms with E-state index < -0.39 is 0 Å². The van der Waals surface area contributed by atoms with E-state index in [4.69, 9.17) is 14.0 Å². The number of ether oxygens (including phenoxy) is 2. The number of piperazine rings is 1. The molecular weight excluding hydrogens is 358 g/mol. The first-order valence-corrected chi connectivity index (χ1v) is 9.55. The maximum Gasteiger partial charge on any atom is 0.259 e. The molecule has 1 atom stereocenters. The molecule has 1 fully saturated rings. The van der Waals surface area contributed by atoms with Gasteiger partial charge in [-0.2, -0.15) is 0 Å². The van der Waals surface area contributed by atoms with Gasteiger partial charge in [0.15, 0.2) is 17.3 Å². The van der Waals surface area contributed by atoms with Crippen molar-refractivity contribution in [3.8, 4) is 11.5 Å². The SMILES string of the molecule is COc1ccc(C2CN(C(=O)c3c(C)noc3C(C)C)CCN2C)cc1OC. The van der Waals surface area contributed by atoms with Gasteiger partial charge in [-0.1, -0.05) is 25.1 Å². The Balaban J connectivity index is 1.87. The van der Waals surface area contributed by atoms with E-state index in [2.05, 4.69) is 17.1 Å². The van der Waals surface area contributed by atoms with Crippen molar-refractivity contribution in [2.45, 2.75) is 32.7 Å². The second-order valence-corrected chi connectivity index (χ2v) is 7.52. The summed E-state index contributed by atoms with van der Waals surface area (Å²) in [5.74, 6) is 2.13. The fourth-order valence-corrected chi connectivity index (χ4v) is 3.68. The maximum atomic E-state index is 13.3. The maximum absolute atomic E-state index is 13.3. The van der Waals surface area contributed by atoms with Crippen LogP contribution in [0.15, 0.2) is 22.7 Å². The summed E-state index contributed by atoms with van der Waals surface area (Å²) in [6.45, 7) is 7.88. The summed E-state index contributed by atoms with van der Waals surface area (Å²) >= 11 is 0. The molecule has 28 heavy (non-hydrogen) atoms. The highest BCUT2D eigenvalue weighted by atomic mass is 16.5.